The fraction of sp³-hybridized carbons (Fsp3) is 0.261. The zero-order valence-corrected chi connectivity index (χ0v) is 16.3. The van der Waals surface area contributed by atoms with Crippen molar-refractivity contribution in [2.24, 2.45) is 0 Å². The average Bonchev–Trinajstić information content (AvgIpc) is 2.72. The van der Waals surface area contributed by atoms with Crippen molar-refractivity contribution in [3.05, 3.63) is 89.5 Å². The van der Waals surface area contributed by atoms with Crippen LogP contribution < -0.4 is 9.47 Å². The van der Waals surface area contributed by atoms with Gasteiger partial charge in [0.05, 0.1) is 14.2 Å². The molecule has 0 N–H and O–H groups in total. The fourth-order valence-corrected chi connectivity index (χ4v) is 3.18. The van der Waals surface area contributed by atoms with Crippen LogP contribution >= 0.6 is 0 Å². The second kappa shape index (κ2) is 9.85. The van der Waals surface area contributed by atoms with Crippen LogP contribution in [0.4, 0.5) is 4.39 Å². The number of aromatic nitrogens is 1. The van der Waals surface area contributed by atoms with E-state index in [9.17, 15) is 4.39 Å². The predicted molar refractivity (Wildman–Crippen MR) is 108 cm³/mol. The van der Waals surface area contributed by atoms with Gasteiger partial charge in [-0.2, -0.15) is 0 Å². The first-order valence-electron chi connectivity index (χ1n) is 9.24. The SMILES string of the molecule is COc1ccc(CCN(Cc2ccncc2)Cc2cccc(F)c2)cc1OC. The maximum atomic E-state index is 13.6. The number of hydrogen-bond acceptors (Lipinski definition) is 4. The van der Waals surface area contributed by atoms with Gasteiger partial charge in [-0.05, 0) is 59.5 Å². The molecule has 5 heteroatoms. The molecule has 0 aliphatic heterocycles. The Hall–Kier alpha value is -2.92. The molecule has 0 fully saturated rings. The molecule has 4 nitrogen and oxygen atoms in total. The van der Waals surface area contributed by atoms with Gasteiger partial charge < -0.3 is 9.47 Å². The Bertz CT molecular complexity index is 887. The lowest BCUT2D eigenvalue weighted by Gasteiger charge is -2.23. The van der Waals surface area contributed by atoms with Gasteiger partial charge in [-0.1, -0.05) is 18.2 Å². The van der Waals surface area contributed by atoms with E-state index in [0.717, 1.165) is 42.1 Å². The molecule has 146 valence electrons. The summed E-state index contributed by atoms with van der Waals surface area (Å²) >= 11 is 0. The summed E-state index contributed by atoms with van der Waals surface area (Å²) < 4.78 is 24.3. The van der Waals surface area contributed by atoms with Crippen LogP contribution in [-0.4, -0.2) is 30.6 Å². The van der Waals surface area contributed by atoms with E-state index in [1.165, 1.54) is 11.6 Å². The van der Waals surface area contributed by atoms with Crippen LogP contribution in [0.3, 0.4) is 0 Å². The normalized spacial score (nSPS) is 10.9. The van der Waals surface area contributed by atoms with Crippen LogP contribution in [0.15, 0.2) is 67.0 Å². The zero-order valence-electron chi connectivity index (χ0n) is 16.3. The van der Waals surface area contributed by atoms with Crippen molar-refractivity contribution in [1.82, 2.24) is 9.88 Å². The van der Waals surface area contributed by atoms with E-state index in [1.807, 2.05) is 36.4 Å². The minimum Gasteiger partial charge on any atom is -0.493 e. The molecule has 0 amide bonds. The van der Waals surface area contributed by atoms with Crippen molar-refractivity contribution < 1.29 is 13.9 Å². The maximum absolute atomic E-state index is 13.6. The second-order valence-electron chi connectivity index (χ2n) is 6.64. The van der Waals surface area contributed by atoms with Crippen LogP contribution in [0, 0.1) is 5.82 Å². The molecule has 0 atom stereocenters. The number of halogens is 1. The Morgan fingerprint density at radius 1 is 0.821 bits per heavy atom. The number of hydrogen-bond donors (Lipinski definition) is 0. The van der Waals surface area contributed by atoms with Crippen LogP contribution in [0.25, 0.3) is 0 Å². The number of pyridine rings is 1. The third-order valence-corrected chi connectivity index (χ3v) is 4.62. The lowest BCUT2D eigenvalue weighted by atomic mass is 10.1. The number of nitrogens with zero attached hydrogens (tertiary/aromatic N) is 2. The molecule has 0 aliphatic rings. The molecule has 3 rings (SSSR count). The molecule has 0 unspecified atom stereocenters. The average molecular weight is 380 g/mol. The second-order valence-corrected chi connectivity index (χ2v) is 6.64. The Labute approximate surface area is 165 Å². The van der Waals surface area contributed by atoms with E-state index in [4.69, 9.17) is 9.47 Å². The first-order chi connectivity index (χ1) is 13.7. The summed E-state index contributed by atoms with van der Waals surface area (Å²) in [6.45, 7) is 2.27. The number of ether oxygens (including phenoxy) is 2. The summed E-state index contributed by atoms with van der Waals surface area (Å²) in [5.41, 5.74) is 3.30. The molecule has 0 spiro atoms. The van der Waals surface area contributed by atoms with E-state index in [-0.39, 0.29) is 5.82 Å². The van der Waals surface area contributed by atoms with Crippen molar-refractivity contribution in [3.8, 4) is 11.5 Å². The molecular weight excluding hydrogens is 355 g/mol. The molecule has 0 saturated carbocycles. The topological polar surface area (TPSA) is 34.6 Å². The summed E-state index contributed by atoms with van der Waals surface area (Å²) in [5, 5.41) is 0. The third kappa shape index (κ3) is 5.54. The van der Waals surface area contributed by atoms with Gasteiger partial charge in [0.25, 0.3) is 0 Å². The summed E-state index contributed by atoms with van der Waals surface area (Å²) in [6, 6.07) is 16.8. The Morgan fingerprint density at radius 3 is 2.29 bits per heavy atom. The standard InChI is InChI=1S/C23H25FN2O2/c1-27-22-7-6-18(15-23(22)28-2)10-13-26(16-19-8-11-25-12-9-19)17-20-4-3-5-21(24)14-20/h3-9,11-12,14-15H,10,13,16-17H2,1-2H3. The lowest BCUT2D eigenvalue weighted by molar-refractivity contribution is 0.259. The number of rotatable bonds is 9. The van der Waals surface area contributed by atoms with Gasteiger partial charge in [0.2, 0.25) is 0 Å². The molecule has 2 aromatic carbocycles. The van der Waals surface area contributed by atoms with Crippen LogP contribution in [-0.2, 0) is 19.5 Å². The predicted octanol–water partition coefficient (Wildman–Crippen LogP) is 4.48. The Morgan fingerprint density at radius 2 is 1.57 bits per heavy atom. The Balaban J connectivity index is 1.73. The summed E-state index contributed by atoms with van der Waals surface area (Å²) in [7, 11) is 3.27. The first kappa shape index (κ1) is 19.8. The van der Waals surface area contributed by atoms with Crippen LogP contribution in [0.2, 0.25) is 0 Å². The molecular formula is C23H25FN2O2. The van der Waals surface area contributed by atoms with E-state index in [0.29, 0.717) is 6.54 Å². The molecule has 28 heavy (non-hydrogen) atoms. The van der Waals surface area contributed by atoms with Crippen molar-refractivity contribution in [1.29, 1.82) is 0 Å². The molecule has 0 bridgehead atoms. The van der Waals surface area contributed by atoms with Crippen molar-refractivity contribution in [3.63, 3.8) is 0 Å². The van der Waals surface area contributed by atoms with E-state index >= 15 is 0 Å². The smallest absolute Gasteiger partial charge is 0.160 e. The quantitative estimate of drug-likeness (QED) is 0.548. The largest absolute Gasteiger partial charge is 0.493 e. The van der Waals surface area contributed by atoms with Gasteiger partial charge in [-0.15, -0.1) is 0 Å². The monoisotopic (exact) mass is 380 g/mol. The van der Waals surface area contributed by atoms with Crippen LogP contribution in [0.5, 0.6) is 11.5 Å². The van der Waals surface area contributed by atoms with Crippen molar-refractivity contribution in [2.75, 3.05) is 20.8 Å². The van der Waals surface area contributed by atoms with E-state index in [2.05, 4.69) is 9.88 Å². The van der Waals surface area contributed by atoms with Gasteiger partial charge >= 0.3 is 0 Å². The first-order valence-corrected chi connectivity index (χ1v) is 9.24. The van der Waals surface area contributed by atoms with Gasteiger partial charge in [-0.3, -0.25) is 9.88 Å². The van der Waals surface area contributed by atoms with E-state index < -0.39 is 0 Å². The summed E-state index contributed by atoms with van der Waals surface area (Å²) in [5.74, 6) is 1.24. The fourth-order valence-electron chi connectivity index (χ4n) is 3.18. The molecule has 0 radical (unpaired) electrons. The zero-order chi connectivity index (χ0) is 19.8. The molecule has 1 heterocycles. The minimum atomic E-state index is -0.207. The summed E-state index contributed by atoms with van der Waals surface area (Å²) in [4.78, 5) is 6.39. The van der Waals surface area contributed by atoms with Gasteiger partial charge in [-0.25, -0.2) is 4.39 Å². The maximum Gasteiger partial charge on any atom is 0.160 e. The van der Waals surface area contributed by atoms with Crippen molar-refractivity contribution >= 4 is 0 Å². The van der Waals surface area contributed by atoms with Gasteiger partial charge in [0.15, 0.2) is 11.5 Å². The highest BCUT2D eigenvalue weighted by Gasteiger charge is 2.10. The summed E-state index contributed by atoms with van der Waals surface area (Å²) in [6.07, 6.45) is 4.44. The minimum absolute atomic E-state index is 0.207. The number of methoxy groups -OCH3 is 2. The Kier molecular flexibility index (Phi) is 6.98. The van der Waals surface area contributed by atoms with Gasteiger partial charge in [0, 0.05) is 32.0 Å². The number of benzene rings is 2. The molecule has 3 aromatic rings. The van der Waals surface area contributed by atoms with Gasteiger partial charge in [0.1, 0.15) is 5.82 Å². The lowest BCUT2D eigenvalue weighted by Crippen LogP contribution is -2.25. The molecule has 0 saturated heterocycles. The molecule has 0 aliphatic carbocycles. The third-order valence-electron chi connectivity index (χ3n) is 4.62. The van der Waals surface area contributed by atoms with Crippen molar-refractivity contribution in [2.45, 2.75) is 19.5 Å². The van der Waals surface area contributed by atoms with E-state index in [1.54, 1.807) is 38.7 Å². The highest BCUT2D eigenvalue weighted by molar-refractivity contribution is 5.43. The molecule has 1 aromatic heterocycles. The highest BCUT2D eigenvalue weighted by atomic mass is 19.1. The highest BCUT2D eigenvalue weighted by Crippen LogP contribution is 2.27. The van der Waals surface area contributed by atoms with Crippen LogP contribution in [0.1, 0.15) is 16.7 Å².